The summed E-state index contributed by atoms with van der Waals surface area (Å²) < 4.78 is 75.7. The molecule has 0 aliphatic rings. The molecule has 50 heavy (non-hydrogen) atoms. The third kappa shape index (κ3) is 18.6. The van der Waals surface area contributed by atoms with Crippen LogP contribution in [0.15, 0.2) is 36.7 Å². The van der Waals surface area contributed by atoms with Gasteiger partial charge in [0.2, 0.25) is 0 Å². The second kappa shape index (κ2) is 24.0. The molecule has 0 spiro atoms. The molecule has 10 nitrogen and oxygen atoms in total. The average Bonchev–Trinajstić information content (AvgIpc) is 3.09. The number of nitrogens with zero attached hydrogens (tertiary/aromatic N) is 5. The van der Waals surface area contributed by atoms with Crippen molar-refractivity contribution in [1.29, 1.82) is 0 Å². The normalized spacial score (nSPS) is 11.8. The van der Waals surface area contributed by atoms with Gasteiger partial charge in [0, 0.05) is 38.6 Å². The third-order valence-electron chi connectivity index (χ3n) is 7.92. The number of aromatic nitrogens is 2. The maximum atomic E-state index is 13.0. The molecule has 0 aliphatic carbocycles. The Kier molecular flexibility index (Phi) is 21.4. The van der Waals surface area contributed by atoms with Crippen molar-refractivity contribution in [2.75, 3.05) is 52.4 Å². The van der Waals surface area contributed by atoms with E-state index in [-0.39, 0.29) is 17.8 Å². The molecule has 0 atom stereocenters. The van der Waals surface area contributed by atoms with Crippen LogP contribution >= 0.6 is 0 Å². The highest BCUT2D eigenvalue weighted by Gasteiger charge is 2.42. The summed E-state index contributed by atoms with van der Waals surface area (Å²) in [5.41, 5.74) is 8.12. The molecular weight excluding hydrogens is 666 g/mol. The van der Waals surface area contributed by atoms with Crippen LogP contribution in [-0.2, 0) is 35.8 Å². The van der Waals surface area contributed by atoms with Crippen LogP contribution in [-0.4, -0.2) is 101 Å². The predicted octanol–water partition coefficient (Wildman–Crippen LogP) is 5.02. The molecule has 0 saturated carbocycles. The number of hydrogen-bond acceptors (Lipinski definition) is 8. The Labute approximate surface area is 292 Å². The number of carbonyl (C=O) groups excluding carboxylic acids is 2. The number of nitrogens with two attached hydrogens (primary N) is 1. The lowest BCUT2D eigenvalue weighted by atomic mass is 10.2. The van der Waals surface area contributed by atoms with Gasteiger partial charge in [0.05, 0.1) is 17.9 Å². The van der Waals surface area contributed by atoms with E-state index in [0.29, 0.717) is 30.8 Å². The van der Waals surface area contributed by atoms with Crippen molar-refractivity contribution in [3.05, 3.63) is 59.2 Å². The number of unbranched alkanes of at least 4 members (excludes halogenated alkanes) is 2. The fourth-order valence-corrected chi connectivity index (χ4v) is 4.91. The van der Waals surface area contributed by atoms with Gasteiger partial charge in [-0.2, -0.15) is 26.3 Å². The SMILES string of the molecule is CCN(CC)CCCCN(Cc1cc(CNC(=O)C(F)(F)F)ccn1)C(=O)C(F)(F)F.CCN(CC)CCCCNCc1cc(CN)ccn1. The smallest absolute Gasteiger partial charge is 0.344 e. The van der Waals surface area contributed by atoms with Crippen molar-refractivity contribution < 1.29 is 35.9 Å². The minimum Gasteiger partial charge on any atom is -0.344 e. The summed E-state index contributed by atoms with van der Waals surface area (Å²) in [6, 6.07) is 6.61. The highest BCUT2D eigenvalue weighted by Crippen LogP contribution is 2.21. The van der Waals surface area contributed by atoms with Crippen LogP contribution in [0.2, 0.25) is 0 Å². The molecule has 0 aromatic carbocycles. The van der Waals surface area contributed by atoms with Crippen molar-refractivity contribution in [1.82, 2.24) is 35.3 Å². The summed E-state index contributed by atoms with van der Waals surface area (Å²) in [5, 5.41) is 5.11. The van der Waals surface area contributed by atoms with Crippen molar-refractivity contribution in [2.24, 2.45) is 5.73 Å². The Hall–Kier alpha value is -3.34. The summed E-state index contributed by atoms with van der Waals surface area (Å²) in [5.74, 6) is -4.14. The molecular formula is C34H54F6N8O2. The Morgan fingerprint density at radius 3 is 1.78 bits per heavy atom. The molecule has 0 saturated heterocycles. The second-order valence-electron chi connectivity index (χ2n) is 11.6. The first kappa shape index (κ1) is 44.7. The lowest BCUT2D eigenvalue weighted by Crippen LogP contribution is -2.41. The maximum Gasteiger partial charge on any atom is 0.471 e. The number of nitrogens with one attached hydrogen (secondary N) is 2. The van der Waals surface area contributed by atoms with Crippen LogP contribution < -0.4 is 16.4 Å². The van der Waals surface area contributed by atoms with E-state index >= 15 is 0 Å². The molecule has 0 unspecified atom stereocenters. The molecule has 2 amide bonds. The Morgan fingerprint density at radius 2 is 1.24 bits per heavy atom. The van der Waals surface area contributed by atoms with Gasteiger partial charge in [0.25, 0.3) is 0 Å². The number of hydrogen-bond donors (Lipinski definition) is 3. The minimum absolute atomic E-state index is 0.0695. The number of halogens is 6. The van der Waals surface area contributed by atoms with E-state index in [1.807, 2.05) is 26.1 Å². The Bertz CT molecular complexity index is 1240. The summed E-state index contributed by atoms with van der Waals surface area (Å²) in [6.07, 6.45) is -3.66. The van der Waals surface area contributed by atoms with Crippen LogP contribution in [0.3, 0.4) is 0 Å². The van der Waals surface area contributed by atoms with Gasteiger partial charge in [-0.05, 0) is 107 Å². The van der Waals surface area contributed by atoms with E-state index in [0.717, 1.165) is 50.5 Å². The van der Waals surface area contributed by atoms with Gasteiger partial charge < -0.3 is 31.1 Å². The predicted molar refractivity (Wildman–Crippen MR) is 181 cm³/mol. The largest absolute Gasteiger partial charge is 0.471 e. The van der Waals surface area contributed by atoms with Gasteiger partial charge in [0.15, 0.2) is 0 Å². The first-order chi connectivity index (χ1) is 23.7. The van der Waals surface area contributed by atoms with Crippen LogP contribution in [0.4, 0.5) is 26.3 Å². The molecule has 0 fully saturated rings. The maximum absolute atomic E-state index is 13.0. The number of alkyl halides is 6. The fraction of sp³-hybridized carbons (Fsp3) is 0.647. The molecule has 2 aromatic heterocycles. The summed E-state index contributed by atoms with van der Waals surface area (Å²) in [4.78, 5) is 36.1. The van der Waals surface area contributed by atoms with Gasteiger partial charge >= 0.3 is 24.2 Å². The van der Waals surface area contributed by atoms with E-state index in [1.165, 1.54) is 37.7 Å². The molecule has 0 bridgehead atoms. The van der Waals surface area contributed by atoms with Crippen LogP contribution in [0.1, 0.15) is 75.9 Å². The lowest BCUT2D eigenvalue weighted by Gasteiger charge is -2.24. The third-order valence-corrected chi connectivity index (χ3v) is 7.92. The van der Waals surface area contributed by atoms with Crippen molar-refractivity contribution in [2.45, 2.75) is 91.9 Å². The zero-order valence-electron chi connectivity index (χ0n) is 29.7. The standard InChI is InChI=1S/C19H26F6N4O2.C15H28N4/c1-3-28(4-2)9-5-6-10-29(17(31)19(23,24)25)13-15-11-14(7-8-26-15)12-27-16(30)18(20,21)22;1-3-19(4-2)10-6-5-8-17-13-15-11-14(12-16)7-9-18-15/h7-8,11H,3-6,9-10,12-13H2,1-2H3,(H,27,30);7,9,11,17H,3-6,8,10,12-13,16H2,1-2H3. The quantitative estimate of drug-likeness (QED) is 0.122. The van der Waals surface area contributed by atoms with Gasteiger partial charge in [0.1, 0.15) is 0 Å². The zero-order valence-corrected chi connectivity index (χ0v) is 29.7. The van der Waals surface area contributed by atoms with E-state index in [9.17, 15) is 35.9 Å². The zero-order chi connectivity index (χ0) is 37.6. The fourth-order valence-electron chi connectivity index (χ4n) is 4.91. The monoisotopic (exact) mass is 720 g/mol. The van der Waals surface area contributed by atoms with Gasteiger partial charge in [-0.25, -0.2) is 0 Å². The molecule has 0 radical (unpaired) electrons. The molecule has 0 aliphatic heterocycles. The van der Waals surface area contributed by atoms with Gasteiger partial charge in [-0.3, -0.25) is 19.6 Å². The molecule has 4 N–H and O–H groups in total. The molecule has 2 rings (SSSR count). The van der Waals surface area contributed by atoms with E-state index in [2.05, 4.69) is 45.0 Å². The highest BCUT2D eigenvalue weighted by atomic mass is 19.4. The van der Waals surface area contributed by atoms with Crippen LogP contribution in [0.25, 0.3) is 0 Å². The van der Waals surface area contributed by atoms with Gasteiger partial charge in [-0.15, -0.1) is 0 Å². The van der Waals surface area contributed by atoms with Crippen molar-refractivity contribution in [3.63, 3.8) is 0 Å². The topological polar surface area (TPSA) is 120 Å². The van der Waals surface area contributed by atoms with Crippen molar-refractivity contribution in [3.8, 4) is 0 Å². The lowest BCUT2D eigenvalue weighted by molar-refractivity contribution is -0.186. The summed E-state index contributed by atoms with van der Waals surface area (Å²) in [7, 11) is 0. The Morgan fingerprint density at radius 1 is 0.720 bits per heavy atom. The molecule has 2 heterocycles. The first-order valence-electron chi connectivity index (χ1n) is 17.1. The molecule has 2 aromatic rings. The number of rotatable bonds is 21. The van der Waals surface area contributed by atoms with E-state index < -0.39 is 37.3 Å². The van der Waals surface area contributed by atoms with Crippen LogP contribution in [0, 0.1) is 0 Å². The van der Waals surface area contributed by atoms with Crippen LogP contribution in [0.5, 0.6) is 0 Å². The van der Waals surface area contributed by atoms with Crippen molar-refractivity contribution >= 4 is 11.8 Å². The molecule has 284 valence electrons. The van der Waals surface area contributed by atoms with E-state index in [4.69, 9.17) is 5.73 Å². The molecule has 16 heteroatoms. The first-order valence-corrected chi connectivity index (χ1v) is 17.1. The summed E-state index contributed by atoms with van der Waals surface area (Å²) >= 11 is 0. The highest BCUT2D eigenvalue weighted by molar-refractivity contribution is 5.82. The number of pyridine rings is 2. The number of amides is 2. The van der Waals surface area contributed by atoms with E-state index in [1.54, 1.807) is 5.32 Å². The van der Waals surface area contributed by atoms with Gasteiger partial charge in [-0.1, -0.05) is 27.7 Å². The number of carbonyl (C=O) groups is 2. The second-order valence-corrected chi connectivity index (χ2v) is 11.6. The summed E-state index contributed by atoms with van der Waals surface area (Å²) in [6.45, 7) is 15.6. The minimum atomic E-state index is -5.06. The Balaban J connectivity index is 0.000000561. The average molecular weight is 721 g/mol.